The van der Waals surface area contributed by atoms with Crippen LogP contribution in [0.4, 0.5) is 0 Å². The van der Waals surface area contributed by atoms with E-state index in [1.807, 2.05) is 60.4 Å². The average Bonchev–Trinajstić information content (AvgIpc) is 3.44. The largest absolute Gasteiger partial charge is 0.465 e. The third kappa shape index (κ3) is 7.31. The molecule has 1 N–H and O–H groups in total. The highest BCUT2D eigenvalue weighted by Gasteiger charge is 2.28. The van der Waals surface area contributed by atoms with Crippen LogP contribution in [0.25, 0.3) is 0 Å². The molecule has 1 unspecified atom stereocenters. The molecule has 5 nitrogen and oxygen atoms in total. The van der Waals surface area contributed by atoms with Crippen molar-refractivity contribution in [3.63, 3.8) is 0 Å². The Labute approximate surface area is 200 Å². The molecule has 0 spiro atoms. The molecule has 1 fully saturated rings. The van der Waals surface area contributed by atoms with Crippen molar-refractivity contribution in [1.82, 2.24) is 4.90 Å². The van der Waals surface area contributed by atoms with Gasteiger partial charge in [-0.15, -0.1) is 11.3 Å². The number of nitrogens with zero attached hydrogens (tertiary/aromatic N) is 1. The van der Waals surface area contributed by atoms with Gasteiger partial charge in [0.2, 0.25) is 5.91 Å². The topological polar surface area (TPSA) is 66.8 Å². The number of hydrogen-bond donors (Lipinski definition) is 1. The molecule has 1 aliphatic heterocycles. The van der Waals surface area contributed by atoms with Gasteiger partial charge in [0.25, 0.3) is 0 Å². The number of rotatable bonds is 9. The average molecular weight is 466 g/mol. The molecule has 3 rings (SSSR count). The highest BCUT2D eigenvalue weighted by molar-refractivity contribution is 7.13. The summed E-state index contributed by atoms with van der Waals surface area (Å²) < 4.78 is 4.75. The molecule has 0 bridgehead atoms. The molecule has 33 heavy (non-hydrogen) atoms. The van der Waals surface area contributed by atoms with Crippen molar-refractivity contribution in [2.24, 2.45) is 5.92 Å². The number of aliphatic hydroxyl groups excluding tert-OH is 1. The Bertz CT molecular complexity index is 1020. The summed E-state index contributed by atoms with van der Waals surface area (Å²) in [4.78, 5) is 27.6. The van der Waals surface area contributed by atoms with Gasteiger partial charge >= 0.3 is 5.97 Å². The van der Waals surface area contributed by atoms with Gasteiger partial charge in [0, 0.05) is 29.8 Å². The zero-order valence-electron chi connectivity index (χ0n) is 19.2. The fourth-order valence-corrected chi connectivity index (χ4v) is 4.75. The molecule has 1 aromatic carbocycles. The Balaban J connectivity index is 1.47. The summed E-state index contributed by atoms with van der Waals surface area (Å²) in [7, 11) is 1.38. The van der Waals surface area contributed by atoms with Gasteiger partial charge in [-0.25, -0.2) is 4.79 Å². The van der Waals surface area contributed by atoms with E-state index in [1.165, 1.54) is 18.4 Å². The predicted molar refractivity (Wildman–Crippen MR) is 131 cm³/mol. The number of esters is 1. The summed E-state index contributed by atoms with van der Waals surface area (Å²) in [6, 6.07) is 13.6. The van der Waals surface area contributed by atoms with Crippen LogP contribution in [-0.2, 0) is 16.0 Å². The van der Waals surface area contributed by atoms with E-state index in [2.05, 4.69) is 11.8 Å². The fraction of sp³-hybridized carbons (Fsp3) is 0.407. The Hall–Kier alpha value is -2.88. The molecule has 174 valence electrons. The van der Waals surface area contributed by atoms with Gasteiger partial charge in [0.1, 0.15) is 4.88 Å². The minimum atomic E-state index is -0.601. The van der Waals surface area contributed by atoms with E-state index in [9.17, 15) is 14.7 Å². The molecule has 0 saturated carbocycles. The lowest BCUT2D eigenvalue weighted by atomic mass is 9.99. The maximum atomic E-state index is 12.4. The minimum absolute atomic E-state index is 0.00542. The maximum absolute atomic E-state index is 12.4. The molecular formula is C27H31NO4S. The quantitative estimate of drug-likeness (QED) is 0.337. The molecule has 1 saturated heterocycles. The molecular weight excluding hydrogens is 434 g/mol. The summed E-state index contributed by atoms with van der Waals surface area (Å²) in [6.07, 6.45) is 6.72. The predicted octanol–water partition coefficient (Wildman–Crippen LogP) is 4.45. The SMILES string of the molecule is COC(=O)c1ccc(CCCN2C(=O)CC[C@@H]2/C=C/[C@@H](O)C(C)CC#Cc2ccccc2)s1. The van der Waals surface area contributed by atoms with Gasteiger partial charge in [-0.05, 0) is 49.4 Å². The number of hydrogen-bond acceptors (Lipinski definition) is 5. The first-order valence-corrected chi connectivity index (χ1v) is 12.2. The lowest BCUT2D eigenvalue weighted by Gasteiger charge is -2.23. The lowest BCUT2D eigenvalue weighted by Crippen LogP contribution is -2.33. The van der Waals surface area contributed by atoms with E-state index < -0.39 is 6.10 Å². The molecule has 3 atom stereocenters. The zero-order valence-corrected chi connectivity index (χ0v) is 20.0. The smallest absolute Gasteiger partial charge is 0.348 e. The first-order valence-electron chi connectivity index (χ1n) is 11.3. The molecule has 6 heteroatoms. The number of carbonyl (C=O) groups is 2. The standard InChI is InChI=1S/C27H31NO4S/c1-20(8-6-11-21-9-4-3-5-10-21)24(29)16-13-22-14-18-26(30)28(22)19-7-12-23-15-17-25(33-23)27(31)32-2/h3-5,9-10,13,15-17,20,22,24,29H,7-8,12,14,18-19H2,1-2H3/b16-13+/t20?,22-,24+/m0/s1. The van der Waals surface area contributed by atoms with Crippen molar-refractivity contribution in [2.75, 3.05) is 13.7 Å². The van der Waals surface area contributed by atoms with Gasteiger partial charge in [0.05, 0.1) is 19.3 Å². The third-order valence-electron chi connectivity index (χ3n) is 5.79. The number of methoxy groups -OCH3 is 1. The summed E-state index contributed by atoms with van der Waals surface area (Å²) in [5, 5.41) is 10.5. The number of amides is 1. The van der Waals surface area contributed by atoms with Crippen molar-refractivity contribution in [3.8, 4) is 11.8 Å². The van der Waals surface area contributed by atoms with E-state index in [-0.39, 0.29) is 23.8 Å². The van der Waals surface area contributed by atoms with E-state index in [4.69, 9.17) is 4.74 Å². The lowest BCUT2D eigenvalue weighted by molar-refractivity contribution is -0.128. The highest BCUT2D eigenvalue weighted by Crippen LogP contribution is 2.23. The second-order valence-electron chi connectivity index (χ2n) is 8.28. The van der Waals surface area contributed by atoms with Crippen molar-refractivity contribution in [3.05, 3.63) is 69.9 Å². The Morgan fingerprint density at radius 2 is 2.09 bits per heavy atom. The van der Waals surface area contributed by atoms with Gasteiger partial charge in [-0.2, -0.15) is 0 Å². The normalized spacial score (nSPS) is 17.6. The van der Waals surface area contributed by atoms with Crippen LogP contribution in [0, 0.1) is 17.8 Å². The zero-order chi connectivity index (χ0) is 23.6. The fourth-order valence-electron chi connectivity index (χ4n) is 3.78. The summed E-state index contributed by atoms with van der Waals surface area (Å²) in [5.74, 6) is 6.12. The Kier molecular flexibility index (Phi) is 9.29. The van der Waals surface area contributed by atoms with E-state index in [0.717, 1.165) is 29.7 Å². The van der Waals surface area contributed by atoms with Gasteiger partial charge in [0.15, 0.2) is 0 Å². The highest BCUT2D eigenvalue weighted by atomic mass is 32.1. The second kappa shape index (κ2) is 12.4. The van der Waals surface area contributed by atoms with Crippen LogP contribution < -0.4 is 0 Å². The van der Waals surface area contributed by atoms with Crippen molar-refractivity contribution < 1.29 is 19.4 Å². The van der Waals surface area contributed by atoms with Crippen LogP contribution >= 0.6 is 11.3 Å². The number of benzene rings is 1. The van der Waals surface area contributed by atoms with E-state index in [1.54, 1.807) is 6.07 Å². The van der Waals surface area contributed by atoms with Crippen LogP contribution in [-0.4, -0.2) is 47.7 Å². The molecule has 1 aromatic heterocycles. The number of aryl methyl sites for hydroxylation is 1. The number of carbonyl (C=O) groups excluding carboxylic acids is 2. The van der Waals surface area contributed by atoms with Gasteiger partial charge in [-0.3, -0.25) is 4.79 Å². The number of thiophene rings is 1. The van der Waals surface area contributed by atoms with Gasteiger partial charge in [-0.1, -0.05) is 49.1 Å². The van der Waals surface area contributed by atoms with E-state index in [0.29, 0.717) is 24.3 Å². The molecule has 0 radical (unpaired) electrons. The first kappa shape index (κ1) is 24.8. The van der Waals surface area contributed by atoms with Crippen LogP contribution in [0.2, 0.25) is 0 Å². The maximum Gasteiger partial charge on any atom is 0.348 e. The van der Waals surface area contributed by atoms with Crippen LogP contribution in [0.3, 0.4) is 0 Å². The van der Waals surface area contributed by atoms with Crippen LogP contribution in [0.1, 0.15) is 52.7 Å². The van der Waals surface area contributed by atoms with Crippen molar-refractivity contribution >= 4 is 23.2 Å². The number of aliphatic hydroxyl groups is 1. The monoisotopic (exact) mass is 465 g/mol. The van der Waals surface area contributed by atoms with Crippen LogP contribution in [0.15, 0.2) is 54.6 Å². The first-order chi connectivity index (χ1) is 16.0. The second-order valence-corrected chi connectivity index (χ2v) is 9.45. The minimum Gasteiger partial charge on any atom is -0.465 e. The third-order valence-corrected chi connectivity index (χ3v) is 6.91. The molecule has 0 aliphatic carbocycles. The molecule has 2 aromatic rings. The molecule has 1 amide bonds. The number of ether oxygens (including phenoxy) is 1. The molecule has 1 aliphatic rings. The van der Waals surface area contributed by atoms with Gasteiger partial charge < -0.3 is 14.7 Å². The summed E-state index contributed by atoms with van der Waals surface area (Å²) in [6.45, 7) is 2.64. The summed E-state index contributed by atoms with van der Waals surface area (Å²) >= 11 is 1.44. The summed E-state index contributed by atoms with van der Waals surface area (Å²) in [5.41, 5.74) is 0.971. The molecule has 2 heterocycles. The Morgan fingerprint density at radius 1 is 1.30 bits per heavy atom. The van der Waals surface area contributed by atoms with Crippen molar-refractivity contribution in [2.45, 2.75) is 51.2 Å². The van der Waals surface area contributed by atoms with Crippen molar-refractivity contribution in [1.29, 1.82) is 0 Å². The van der Waals surface area contributed by atoms with E-state index >= 15 is 0 Å². The van der Waals surface area contributed by atoms with Crippen LogP contribution in [0.5, 0.6) is 0 Å². The number of likely N-dealkylation sites (tertiary alicyclic amines) is 1. The Morgan fingerprint density at radius 3 is 2.85 bits per heavy atom.